The summed E-state index contributed by atoms with van der Waals surface area (Å²) in [5.74, 6) is 0.341. The Hall–Kier alpha value is -3.26. The van der Waals surface area contributed by atoms with Crippen LogP contribution in [0.25, 0.3) is 6.08 Å². The van der Waals surface area contributed by atoms with E-state index in [2.05, 4.69) is 5.32 Å². The number of amides is 1. The first-order valence-corrected chi connectivity index (χ1v) is 6.90. The van der Waals surface area contributed by atoms with Crippen LogP contribution in [0.2, 0.25) is 0 Å². The molecule has 2 aromatic rings. The van der Waals surface area contributed by atoms with Crippen LogP contribution in [0.15, 0.2) is 48.0 Å². The van der Waals surface area contributed by atoms with E-state index in [9.17, 15) is 15.2 Å². The smallest absolute Gasteiger partial charge is 0.266 e. The van der Waals surface area contributed by atoms with E-state index < -0.39 is 5.91 Å². The summed E-state index contributed by atoms with van der Waals surface area (Å²) in [5, 5.41) is 21.0. The van der Waals surface area contributed by atoms with Gasteiger partial charge in [0.1, 0.15) is 23.1 Å². The van der Waals surface area contributed by atoms with E-state index in [0.29, 0.717) is 5.69 Å². The molecule has 0 atom stereocenters. The predicted molar refractivity (Wildman–Crippen MR) is 88.1 cm³/mol. The molecule has 0 saturated heterocycles. The Morgan fingerprint density at radius 3 is 2.52 bits per heavy atom. The van der Waals surface area contributed by atoms with E-state index in [0.717, 1.165) is 16.9 Å². The molecule has 0 aliphatic heterocycles. The highest BCUT2D eigenvalue weighted by molar-refractivity contribution is 6.09. The quantitative estimate of drug-likeness (QED) is 0.516. The Bertz CT molecular complexity index is 787. The first kappa shape index (κ1) is 16.1. The molecule has 0 aliphatic rings. The second-order valence-electron chi connectivity index (χ2n) is 4.90. The molecule has 0 saturated carbocycles. The highest BCUT2D eigenvalue weighted by atomic mass is 16.5. The van der Waals surface area contributed by atoms with E-state index in [4.69, 9.17) is 4.74 Å². The molecule has 23 heavy (non-hydrogen) atoms. The molecule has 0 fully saturated rings. The van der Waals surface area contributed by atoms with Crippen LogP contribution in [-0.2, 0) is 4.79 Å². The van der Waals surface area contributed by atoms with E-state index in [-0.39, 0.29) is 11.3 Å². The average Bonchev–Trinajstić information content (AvgIpc) is 2.54. The van der Waals surface area contributed by atoms with Crippen molar-refractivity contribution in [2.45, 2.75) is 6.92 Å². The molecule has 0 aliphatic carbocycles. The molecule has 0 radical (unpaired) electrons. The molecule has 0 aromatic heterocycles. The number of carbonyl (C=O) groups excluding carboxylic acids is 1. The molecule has 5 heteroatoms. The van der Waals surface area contributed by atoms with Crippen LogP contribution in [0.3, 0.4) is 0 Å². The van der Waals surface area contributed by atoms with Crippen molar-refractivity contribution in [3.8, 4) is 17.6 Å². The molecule has 0 unspecified atom stereocenters. The van der Waals surface area contributed by atoms with E-state index in [1.165, 1.54) is 18.2 Å². The Balaban J connectivity index is 2.21. The fourth-order valence-corrected chi connectivity index (χ4v) is 2.05. The largest absolute Gasteiger partial charge is 0.508 e. The number of nitriles is 1. The number of phenolic OH excluding ortho intramolecular Hbond substituents is 1. The van der Waals surface area contributed by atoms with Crippen molar-refractivity contribution in [1.82, 2.24) is 0 Å². The van der Waals surface area contributed by atoms with Crippen molar-refractivity contribution in [2.75, 3.05) is 12.4 Å². The molecule has 0 bridgehead atoms. The van der Waals surface area contributed by atoms with Crippen molar-refractivity contribution in [3.05, 3.63) is 59.2 Å². The molecule has 2 aromatic carbocycles. The van der Waals surface area contributed by atoms with Gasteiger partial charge >= 0.3 is 0 Å². The van der Waals surface area contributed by atoms with Gasteiger partial charge in [-0.05, 0) is 60.5 Å². The van der Waals surface area contributed by atoms with Crippen LogP contribution < -0.4 is 10.1 Å². The van der Waals surface area contributed by atoms with Gasteiger partial charge in [-0.25, -0.2) is 0 Å². The van der Waals surface area contributed by atoms with Gasteiger partial charge in [0.15, 0.2) is 0 Å². The zero-order valence-corrected chi connectivity index (χ0v) is 12.8. The summed E-state index contributed by atoms with van der Waals surface area (Å²) in [6.07, 6.45) is 1.52. The first-order valence-electron chi connectivity index (χ1n) is 6.90. The van der Waals surface area contributed by atoms with E-state index in [1.54, 1.807) is 31.4 Å². The van der Waals surface area contributed by atoms with Crippen LogP contribution in [-0.4, -0.2) is 18.1 Å². The van der Waals surface area contributed by atoms with Gasteiger partial charge in [-0.3, -0.25) is 4.79 Å². The Labute approximate surface area is 134 Å². The average molecular weight is 308 g/mol. The Kier molecular flexibility index (Phi) is 5.00. The van der Waals surface area contributed by atoms with Crippen molar-refractivity contribution in [1.29, 1.82) is 5.26 Å². The molecule has 2 N–H and O–H groups in total. The van der Waals surface area contributed by atoms with Gasteiger partial charge in [0.25, 0.3) is 5.91 Å². The van der Waals surface area contributed by atoms with Gasteiger partial charge < -0.3 is 15.2 Å². The zero-order valence-electron chi connectivity index (χ0n) is 12.8. The molecular formula is C18H16N2O3. The van der Waals surface area contributed by atoms with Crippen molar-refractivity contribution in [2.24, 2.45) is 0 Å². The third-order valence-electron chi connectivity index (χ3n) is 3.22. The minimum Gasteiger partial charge on any atom is -0.508 e. The summed E-state index contributed by atoms with van der Waals surface area (Å²) >= 11 is 0. The monoisotopic (exact) mass is 308 g/mol. The number of phenols is 1. The van der Waals surface area contributed by atoms with Crippen LogP contribution in [0, 0.1) is 18.3 Å². The van der Waals surface area contributed by atoms with Gasteiger partial charge in [-0.2, -0.15) is 5.26 Å². The van der Waals surface area contributed by atoms with Crippen LogP contribution >= 0.6 is 0 Å². The lowest BCUT2D eigenvalue weighted by molar-refractivity contribution is -0.112. The number of hydrogen-bond acceptors (Lipinski definition) is 4. The van der Waals surface area contributed by atoms with Crippen LogP contribution in [0.4, 0.5) is 5.69 Å². The maximum Gasteiger partial charge on any atom is 0.266 e. The Morgan fingerprint density at radius 2 is 1.96 bits per heavy atom. The van der Waals surface area contributed by atoms with Gasteiger partial charge in [0, 0.05) is 5.69 Å². The number of benzene rings is 2. The molecule has 116 valence electrons. The minimum absolute atomic E-state index is 0.0114. The molecule has 1 amide bonds. The normalized spacial score (nSPS) is 10.7. The number of nitrogens with zero attached hydrogens (tertiary/aromatic N) is 1. The number of carbonyl (C=O) groups is 1. The summed E-state index contributed by atoms with van der Waals surface area (Å²) in [5.41, 5.74) is 2.14. The lowest BCUT2D eigenvalue weighted by Crippen LogP contribution is -2.13. The summed E-state index contributed by atoms with van der Waals surface area (Å²) < 4.78 is 5.18. The van der Waals surface area contributed by atoms with Gasteiger partial charge in [0.05, 0.1) is 7.11 Å². The minimum atomic E-state index is -0.508. The van der Waals surface area contributed by atoms with Gasteiger partial charge in [-0.1, -0.05) is 6.07 Å². The highest BCUT2D eigenvalue weighted by Gasteiger charge is 2.10. The lowest BCUT2D eigenvalue weighted by Gasteiger charge is -2.06. The number of anilines is 1. The summed E-state index contributed by atoms with van der Waals surface area (Å²) in [6, 6.07) is 13.3. The number of aromatic hydroxyl groups is 1. The number of aryl methyl sites for hydroxylation is 1. The van der Waals surface area contributed by atoms with Crippen molar-refractivity contribution < 1.29 is 14.6 Å². The Morgan fingerprint density at radius 1 is 1.26 bits per heavy atom. The molecule has 0 spiro atoms. The number of ether oxygens (including phenoxy) is 1. The molecule has 2 rings (SSSR count). The number of hydrogen-bond donors (Lipinski definition) is 2. The second kappa shape index (κ2) is 7.14. The lowest BCUT2D eigenvalue weighted by atomic mass is 10.1. The summed E-state index contributed by atoms with van der Waals surface area (Å²) in [4.78, 5) is 12.2. The zero-order chi connectivity index (χ0) is 16.8. The predicted octanol–water partition coefficient (Wildman–Crippen LogP) is 3.25. The fourth-order valence-electron chi connectivity index (χ4n) is 2.05. The number of methoxy groups -OCH3 is 1. The third kappa shape index (κ3) is 4.11. The SMILES string of the molecule is COc1ccc(/C=C(\C#N)C(=O)Nc2ccc(O)cc2)cc1C. The van der Waals surface area contributed by atoms with Crippen LogP contribution in [0.1, 0.15) is 11.1 Å². The first-order chi connectivity index (χ1) is 11.0. The maximum absolute atomic E-state index is 12.2. The molecule has 0 heterocycles. The van der Waals surface area contributed by atoms with Crippen molar-refractivity contribution >= 4 is 17.7 Å². The molecular weight excluding hydrogens is 292 g/mol. The summed E-state index contributed by atoms with van der Waals surface area (Å²) in [6.45, 7) is 1.89. The number of nitrogens with one attached hydrogen (secondary N) is 1. The third-order valence-corrected chi connectivity index (χ3v) is 3.22. The fraction of sp³-hybridized carbons (Fsp3) is 0.111. The summed E-state index contributed by atoms with van der Waals surface area (Å²) in [7, 11) is 1.59. The van der Waals surface area contributed by atoms with Gasteiger partial charge in [-0.15, -0.1) is 0 Å². The molecule has 5 nitrogen and oxygen atoms in total. The van der Waals surface area contributed by atoms with E-state index >= 15 is 0 Å². The topological polar surface area (TPSA) is 82.3 Å². The van der Waals surface area contributed by atoms with Gasteiger partial charge in [0.2, 0.25) is 0 Å². The van der Waals surface area contributed by atoms with Crippen LogP contribution in [0.5, 0.6) is 11.5 Å². The maximum atomic E-state index is 12.2. The number of rotatable bonds is 4. The van der Waals surface area contributed by atoms with E-state index in [1.807, 2.05) is 19.1 Å². The standard InChI is InChI=1S/C18H16N2O3/c1-12-9-13(3-8-17(12)23-2)10-14(11-19)18(22)20-15-4-6-16(21)7-5-15/h3-10,21H,1-2H3,(H,20,22)/b14-10+. The second-order valence-corrected chi connectivity index (χ2v) is 4.90. The highest BCUT2D eigenvalue weighted by Crippen LogP contribution is 2.20. The van der Waals surface area contributed by atoms with Crippen molar-refractivity contribution in [3.63, 3.8) is 0 Å².